The van der Waals surface area contributed by atoms with Gasteiger partial charge in [0.2, 0.25) is 0 Å². The molecule has 106 valence electrons. The van der Waals surface area contributed by atoms with Crippen molar-refractivity contribution in [2.75, 3.05) is 11.6 Å². The fraction of sp³-hybridized carbons (Fsp3) is 0.294. The fourth-order valence-electron chi connectivity index (χ4n) is 2.17. The predicted octanol–water partition coefficient (Wildman–Crippen LogP) is 4.90. The maximum absolute atomic E-state index is 9.70. The Balaban J connectivity index is 2.18. The van der Waals surface area contributed by atoms with Crippen LogP contribution in [0.1, 0.15) is 29.7 Å². The molecule has 1 unspecified atom stereocenters. The Labute approximate surface area is 125 Å². The second-order valence-corrected chi connectivity index (χ2v) is 5.97. The molecule has 0 saturated heterocycles. The zero-order chi connectivity index (χ0) is 14.7. The summed E-state index contributed by atoms with van der Waals surface area (Å²) in [4.78, 5) is 1.28. The third-order valence-corrected chi connectivity index (χ3v) is 4.27. The number of nitrogens with one attached hydrogen (secondary N) is 1. The Morgan fingerprint density at radius 2 is 1.70 bits per heavy atom. The molecule has 2 N–H and O–H groups in total. The van der Waals surface area contributed by atoms with E-state index in [9.17, 15) is 5.11 Å². The molecule has 0 heterocycles. The highest BCUT2D eigenvalue weighted by Crippen LogP contribution is 2.28. The molecule has 0 aliphatic carbocycles. The van der Waals surface area contributed by atoms with Crippen molar-refractivity contribution in [3.63, 3.8) is 0 Å². The first-order valence-corrected chi connectivity index (χ1v) is 7.94. The molecule has 0 aliphatic heterocycles. The minimum absolute atomic E-state index is 0.230. The molecule has 0 bridgehead atoms. The number of hydrogen-bond acceptors (Lipinski definition) is 3. The summed E-state index contributed by atoms with van der Waals surface area (Å²) in [6, 6.07) is 12.6. The summed E-state index contributed by atoms with van der Waals surface area (Å²) in [5.74, 6) is 0.352. The van der Waals surface area contributed by atoms with Gasteiger partial charge in [-0.1, -0.05) is 12.1 Å². The van der Waals surface area contributed by atoms with Gasteiger partial charge < -0.3 is 10.4 Å². The van der Waals surface area contributed by atoms with E-state index in [0.29, 0.717) is 5.75 Å². The summed E-state index contributed by atoms with van der Waals surface area (Å²) >= 11 is 1.75. The largest absolute Gasteiger partial charge is 0.508 e. The molecular formula is C17H21NOS. The highest BCUT2D eigenvalue weighted by Gasteiger charge is 2.09. The molecule has 2 nitrogen and oxygen atoms in total. The second kappa shape index (κ2) is 6.23. The van der Waals surface area contributed by atoms with E-state index in [1.54, 1.807) is 17.8 Å². The molecule has 0 aromatic heterocycles. The molecular weight excluding hydrogens is 266 g/mol. The Morgan fingerprint density at radius 3 is 2.30 bits per heavy atom. The first-order valence-electron chi connectivity index (χ1n) is 6.72. The fourth-order valence-corrected chi connectivity index (χ4v) is 2.57. The summed E-state index contributed by atoms with van der Waals surface area (Å²) in [6.07, 6.45) is 2.08. The molecule has 1 atom stereocenters. The average molecular weight is 287 g/mol. The lowest BCUT2D eigenvalue weighted by atomic mass is 10.1. The summed E-state index contributed by atoms with van der Waals surface area (Å²) in [5, 5.41) is 13.2. The van der Waals surface area contributed by atoms with Gasteiger partial charge in [-0.05, 0) is 68.0 Å². The molecule has 2 rings (SSSR count). The van der Waals surface area contributed by atoms with Gasteiger partial charge in [-0.15, -0.1) is 11.8 Å². The lowest BCUT2D eigenvalue weighted by molar-refractivity contribution is 0.470. The summed E-state index contributed by atoms with van der Waals surface area (Å²) in [7, 11) is 0. The van der Waals surface area contributed by atoms with Crippen LogP contribution in [-0.2, 0) is 0 Å². The van der Waals surface area contributed by atoms with Gasteiger partial charge in [-0.3, -0.25) is 0 Å². The Kier molecular flexibility index (Phi) is 4.61. The number of hydrogen-bond donors (Lipinski definition) is 2. The number of rotatable bonds is 4. The molecule has 20 heavy (non-hydrogen) atoms. The van der Waals surface area contributed by atoms with Gasteiger partial charge in [0.15, 0.2) is 0 Å². The van der Waals surface area contributed by atoms with Gasteiger partial charge >= 0.3 is 0 Å². The normalized spacial score (nSPS) is 12.2. The number of aromatic hydroxyl groups is 1. The maximum Gasteiger partial charge on any atom is 0.118 e. The van der Waals surface area contributed by atoms with Crippen molar-refractivity contribution in [2.24, 2.45) is 0 Å². The number of benzene rings is 2. The van der Waals surface area contributed by atoms with E-state index in [-0.39, 0.29) is 6.04 Å². The van der Waals surface area contributed by atoms with Gasteiger partial charge in [-0.25, -0.2) is 0 Å². The van der Waals surface area contributed by atoms with Crippen LogP contribution in [0.4, 0.5) is 5.69 Å². The first-order chi connectivity index (χ1) is 9.51. The quantitative estimate of drug-likeness (QED) is 0.619. The summed E-state index contributed by atoms with van der Waals surface area (Å²) in [5.41, 5.74) is 4.28. The molecule has 3 heteroatoms. The van der Waals surface area contributed by atoms with Crippen LogP contribution in [0.15, 0.2) is 41.3 Å². The summed E-state index contributed by atoms with van der Waals surface area (Å²) < 4.78 is 0. The third-order valence-electron chi connectivity index (χ3n) is 3.53. The first kappa shape index (κ1) is 14.8. The Morgan fingerprint density at radius 1 is 1.05 bits per heavy atom. The number of thioether (sulfide) groups is 1. The molecule has 0 saturated carbocycles. The predicted molar refractivity (Wildman–Crippen MR) is 87.8 cm³/mol. The van der Waals surface area contributed by atoms with E-state index in [1.807, 2.05) is 19.9 Å². The van der Waals surface area contributed by atoms with Crippen LogP contribution in [0.5, 0.6) is 5.75 Å². The van der Waals surface area contributed by atoms with Crippen molar-refractivity contribution in [1.82, 2.24) is 0 Å². The lowest BCUT2D eigenvalue weighted by Crippen LogP contribution is -2.07. The SMILES string of the molecule is CSc1ccc(C(C)Nc2cc(C)c(O)cc2C)cc1. The van der Waals surface area contributed by atoms with Crippen LogP contribution in [0.25, 0.3) is 0 Å². The number of phenolic OH excluding ortho intramolecular Hbond substituents is 1. The zero-order valence-electron chi connectivity index (χ0n) is 12.4. The van der Waals surface area contributed by atoms with E-state index in [2.05, 4.69) is 42.8 Å². The van der Waals surface area contributed by atoms with Gasteiger partial charge in [0.25, 0.3) is 0 Å². The second-order valence-electron chi connectivity index (χ2n) is 5.09. The Bertz CT molecular complexity index is 593. The maximum atomic E-state index is 9.70. The van der Waals surface area contributed by atoms with Crippen molar-refractivity contribution in [1.29, 1.82) is 0 Å². The smallest absolute Gasteiger partial charge is 0.118 e. The molecule has 0 radical (unpaired) electrons. The number of aryl methyl sites for hydroxylation is 2. The van der Waals surface area contributed by atoms with Crippen LogP contribution in [0.3, 0.4) is 0 Å². The van der Waals surface area contributed by atoms with Crippen molar-refractivity contribution in [2.45, 2.75) is 31.7 Å². The van der Waals surface area contributed by atoms with Crippen molar-refractivity contribution < 1.29 is 5.11 Å². The Hall–Kier alpha value is -1.61. The minimum atomic E-state index is 0.230. The molecule has 0 fully saturated rings. The molecule has 0 aliphatic rings. The van der Waals surface area contributed by atoms with Gasteiger partial charge in [0.05, 0.1) is 0 Å². The van der Waals surface area contributed by atoms with Gasteiger partial charge in [0, 0.05) is 16.6 Å². The van der Waals surface area contributed by atoms with E-state index >= 15 is 0 Å². The number of anilines is 1. The van der Waals surface area contributed by atoms with Crippen LogP contribution in [0, 0.1) is 13.8 Å². The standard InChI is InChI=1S/C17H21NOS/c1-11-10-17(19)12(2)9-16(11)18-13(3)14-5-7-15(20-4)8-6-14/h5-10,13,18-19H,1-4H3. The van der Waals surface area contributed by atoms with Crippen LogP contribution in [0.2, 0.25) is 0 Å². The van der Waals surface area contributed by atoms with Gasteiger partial charge in [-0.2, -0.15) is 0 Å². The molecule has 0 amide bonds. The molecule has 2 aromatic rings. The highest BCUT2D eigenvalue weighted by molar-refractivity contribution is 7.98. The summed E-state index contributed by atoms with van der Waals surface area (Å²) in [6.45, 7) is 6.07. The van der Waals surface area contributed by atoms with Gasteiger partial charge in [0.1, 0.15) is 5.75 Å². The van der Waals surface area contributed by atoms with Crippen LogP contribution < -0.4 is 5.32 Å². The average Bonchev–Trinajstić information content (AvgIpc) is 2.44. The van der Waals surface area contributed by atoms with E-state index in [1.165, 1.54) is 10.5 Å². The van der Waals surface area contributed by atoms with Crippen molar-refractivity contribution >= 4 is 17.4 Å². The number of phenols is 1. The molecule has 2 aromatic carbocycles. The van der Waals surface area contributed by atoms with Crippen LogP contribution >= 0.6 is 11.8 Å². The highest BCUT2D eigenvalue weighted by atomic mass is 32.2. The third kappa shape index (κ3) is 3.28. The van der Waals surface area contributed by atoms with Crippen molar-refractivity contribution in [3.8, 4) is 5.75 Å². The monoisotopic (exact) mass is 287 g/mol. The lowest BCUT2D eigenvalue weighted by Gasteiger charge is -2.18. The minimum Gasteiger partial charge on any atom is -0.508 e. The molecule has 0 spiro atoms. The van der Waals surface area contributed by atoms with Crippen LogP contribution in [-0.4, -0.2) is 11.4 Å². The van der Waals surface area contributed by atoms with E-state index in [4.69, 9.17) is 0 Å². The van der Waals surface area contributed by atoms with Crippen molar-refractivity contribution in [3.05, 3.63) is 53.1 Å². The van der Waals surface area contributed by atoms with E-state index < -0.39 is 0 Å². The van der Waals surface area contributed by atoms with E-state index in [0.717, 1.165) is 16.8 Å². The zero-order valence-corrected chi connectivity index (χ0v) is 13.2. The topological polar surface area (TPSA) is 32.3 Å².